The van der Waals surface area contributed by atoms with Crippen molar-refractivity contribution in [3.63, 3.8) is 0 Å². The monoisotopic (exact) mass is 217 g/mol. The average Bonchev–Trinajstić information content (AvgIpc) is 2.25. The fourth-order valence-corrected chi connectivity index (χ4v) is 1.44. The SMILES string of the molecule is Cc1ccc(C(=O)N(C)CCC#N)c(C)n1. The molecule has 0 atom stereocenters. The zero-order chi connectivity index (χ0) is 12.1. The minimum Gasteiger partial charge on any atom is -0.341 e. The van der Waals surface area contributed by atoms with E-state index in [2.05, 4.69) is 4.98 Å². The number of aryl methyl sites for hydroxylation is 2. The average molecular weight is 217 g/mol. The summed E-state index contributed by atoms with van der Waals surface area (Å²) in [5.41, 5.74) is 2.23. The minimum absolute atomic E-state index is 0.0831. The lowest BCUT2D eigenvalue weighted by atomic mass is 10.1. The normalized spacial score (nSPS) is 9.62. The van der Waals surface area contributed by atoms with Crippen LogP contribution in [0.4, 0.5) is 0 Å². The Morgan fingerprint density at radius 1 is 1.50 bits per heavy atom. The van der Waals surface area contributed by atoms with Crippen molar-refractivity contribution in [3.8, 4) is 6.07 Å². The molecule has 0 aliphatic carbocycles. The van der Waals surface area contributed by atoms with Crippen LogP contribution in [0.3, 0.4) is 0 Å². The molecule has 4 nitrogen and oxygen atoms in total. The molecule has 16 heavy (non-hydrogen) atoms. The van der Waals surface area contributed by atoms with E-state index >= 15 is 0 Å². The summed E-state index contributed by atoms with van der Waals surface area (Å²) in [7, 11) is 1.69. The van der Waals surface area contributed by atoms with Crippen molar-refractivity contribution in [2.24, 2.45) is 0 Å². The molecule has 1 amide bonds. The summed E-state index contributed by atoms with van der Waals surface area (Å²) >= 11 is 0. The number of carbonyl (C=O) groups is 1. The van der Waals surface area contributed by atoms with Gasteiger partial charge in [-0.2, -0.15) is 5.26 Å². The van der Waals surface area contributed by atoms with Crippen LogP contribution in [0.2, 0.25) is 0 Å². The highest BCUT2D eigenvalue weighted by Gasteiger charge is 2.14. The van der Waals surface area contributed by atoms with Crippen molar-refractivity contribution in [2.75, 3.05) is 13.6 Å². The van der Waals surface area contributed by atoms with Gasteiger partial charge in [-0.25, -0.2) is 0 Å². The summed E-state index contributed by atoms with van der Waals surface area (Å²) in [6.07, 6.45) is 0.348. The number of nitriles is 1. The molecule has 0 radical (unpaired) electrons. The van der Waals surface area contributed by atoms with Crippen LogP contribution in [0.25, 0.3) is 0 Å². The molecule has 1 aromatic heterocycles. The van der Waals surface area contributed by atoms with E-state index in [4.69, 9.17) is 5.26 Å². The largest absolute Gasteiger partial charge is 0.341 e. The third kappa shape index (κ3) is 2.80. The van der Waals surface area contributed by atoms with Gasteiger partial charge in [-0.3, -0.25) is 9.78 Å². The van der Waals surface area contributed by atoms with Crippen molar-refractivity contribution in [1.82, 2.24) is 9.88 Å². The third-order valence-corrected chi connectivity index (χ3v) is 2.36. The van der Waals surface area contributed by atoms with E-state index in [-0.39, 0.29) is 5.91 Å². The van der Waals surface area contributed by atoms with Gasteiger partial charge in [0.2, 0.25) is 0 Å². The molecule has 0 aliphatic heterocycles. The summed E-state index contributed by atoms with van der Waals surface area (Å²) in [6, 6.07) is 5.62. The lowest BCUT2D eigenvalue weighted by molar-refractivity contribution is 0.0797. The number of nitrogens with zero attached hydrogens (tertiary/aromatic N) is 3. The standard InChI is InChI=1S/C12H15N3O/c1-9-5-6-11(10(2)14-9)12(16)15(3)8-4-7-13/h5-6H,4,8H2,1-3H3. The van der Waals surface area contributed by atoms with Gasteiger partial charge in [0.1, 0.15) is 0 Å². The van der Waals surface area contributed by atoms with E-state index in [9.17, 15) is 4.79 Å². The van der Waals surface area contributed by atoms with Crippen LogP contribution in [-0.4, -0.2) is 29.4 Å². The molecule has 0 spiro atoms. The first-order chi connectivity index (χ1) is 7.56. The summed E-state index contributed by atoms with van der Waals surface area (Å²) in [4.78, 5) is 17.7. The zero-order valence-electron chi connectivity index (χ0n) is 9.82. The number of hydrogen-bond acceptors (Lipinski definition) is 3. The zero-order valence-corrected chi connectivity index (χ0v) is 9.82. The molecule has 1 rings (SSSR count). The highest BCUT2D eigenvalue weighted by molar-refractivity contribution is 5.95. The first-order valence-corrected chi connectivity index (χ1v) is 5.13. The lowest BCUT2D eigenvalue weighted by Gasteiger charge is -2.16. The number of aromatic nitrogens is 1. The summed E-state index contributed by atoms with van der Waals surface area (Å²) < 4.78 is 0. The second-order valence-electron chi connectivity index (χ2n) is 3.72. The van der Waals surface area contributed by atoms with Crippen LogP contribution in [0, 0.1) is 25.2 Å². The van der Waals surface area contributed by atoms with Crippen LogP contribution in [0.5, 0.6) is 0 Å². The van der Waals surface area contributed by atoms with Crippen LogP contribution in [0.1, 0.15) is 28.2 Å². The first kappa shape index (κ1) is 12.2. The Labute approximate surface area is 95.5 Å². The van der Waals surface area contributed by atoms with Crippen molar-refractivity contribution >= 4 is 5.91 Å². The van der Waals surface area contributed by atoms with E-state index in [0.29, 0.717) is 18.5 Å². The maximum Gasteiger partial charge on any atom is 0.255 e. The van der Waals surface area contributed by atoms with Gasteiger partial charge in [0.25, 0.3) is 5.91 Å². The van der Waals surface area contributed by atoms with Gasteiger partial charge in [0, 0.05) is 19.3 Å². The van der Waals surface area contributed by atoms with E-state index in [1.54, 1.807) is 18.0 Å². The molecule has 0 bridgehead atoms. The number of carbonyl (C=O) groups excluding carboxylic acids is 1. The third-order valence-electron chi connectivity index (χ3n) is 2.36. The molecule has 1 heterocycles. The van der Waals surface area contributed by atoms with Crippen molar-refractivity contribution < 1.29 is 4.79 Å². The molecule has 0 saturated carbocycles. The minimum atomic E-state index is -0.0831. The number of amides is 1. The van der Waals surface area contributed by atoms with E-state index in [1.165, 1.54) is 0 Å². The Morgan fingerprint density at radius 2 is 2.19 bits per heavy atom. The van der Waals surface area contributed by atoms with E-state index in [1.807, 2.05) is 26.0 Å². The van der Waals surface area contributed by atoms with Gasteiger partial charge in [0.15, 0.2) is 0 Å². The van der Waals surface area contributed by atoms with Crippen LogP contribution >= 0.6 is 0 Å². The van der Waals surface area contributed by atoms with Crippen LogP contribution in [-0.2, 0) is 0 Å². The second kappa shape index (κ2) is 5.26. The summed E-state index contributed by atoms with van der Waals surface area (Å²) in [5.74, 6) is -0.0831. The quantitative estimate of drug-likeness (QED) is 0.774. The van der Waals surface area contributed by atoms with Gasteiger partial charge in [-0.1, -0.05) is 0 Å². The fourth-order valence-electron chi connectivity index (χ4n) is 1.44. The van der Waals surface area contributed by atoms with Gasteiger partial charge >= 0.3 is 0 Å². The highest BCUT2D eigenvalue weighted by Crippen LogP contribution is 2.09. The predicted octanol–water partition coefficient (Wildman–Crippen LogP) is 1.68. The van der Waals surface area contributed by atoms with E-state index in [0.717, 1.165) is 11.4 Å². The van der Waals surface area contributed by atoms with E-state index < -0.39 is 0 Å². The number of pyridine rings is 1. The van der Waals surface area contributed by atoms with Gasteiger partial charge < -0.3 is 4.90 Å². The smallest absolute Gasteiger partial charge is 0.255 e. The molecule has 0 saturated heterocycles. The molecular weight excluding hydrogens is 202 g/mol. The highest BCUT2D eigenvalue weighted by atomic mass is 16.2. The Kier molecular flexibility index (Phi) is 4.01. The Balaban J connectivity index is 2.84. The molecule has 0 aromatic carbocycles. The van der Waals surface area contributed by atoms with Gasteiger partial charge in [0.05, 0.1) is 23.7 Å². The molecule has 1 aromatic rings. The number of hydrogen-bond donors (Lipinski definition) is 0. The maximum absolute atomic E-state index is 12.0. The Hall–Kier alpha value is -1.89. The van der Waals surface area contributed by atoms with Crippen LogP contribution in [0.15, 0.2) is 12.1 Å². The maximum atomic E-state index is 12.0. The lowest BCUT2D eigenvalue weighted by Crippen LogP contribution is -2.28. The molecule has 4 heteroatoms. The van der Waals surface area contributed by atoms with Gasteiger partial charge in [-0.05, 0) is 26.0 Å². The molecule has 0 N–H and O–H groups in total. The number of rotatable bonds is 3. The van der Waals surface area contributed by atoms with Gasteiger partial charge in [-0.15, -0.1) is 0 Å². The van der Waals surface area contributed by atoms with Crippen molar-refractivity contribution in [1.29, 1.82) is 5.26 Å². The summed E-state index contributed by atoms with van der Waals surface area (Å²) in [6.45, 7) is 4.15. The summed E-state index contributed by atoms with van der Waals surface area (Å²) in [5, 5.41) is 8.46. The van der Waals surface area contributed by atoms with Crippen molar-refractivity contribution in [2.45, 2.75) is 20.3 Å². The molecule has 0 unspecified atom stereocenters. The van der Waals surface area contributed by atoms with Crippen LogP contribution < -0.4 is 0 Å². The second-order valence-corrected chi connectivity index (χ2v) is 3.72. The van der Waals surface area contributed by atoms with Crippen molar-refractivity contribution in [3.05, 3.63) is 29.1 Å². The fraction of sp³-hybridized carbons (Fsp3) is 0.417. The Morgan fingerprint density at radius 3 is 2.75 bits per heavy atom. The molecule has 84 valence electrons. The first-order valence-electron chi connectivity index (χ1n) is 5.13. The predicted molar refractivity (Wildman–Crippen MR) is 60.9 cm³/mol. The molecule has 0 aliphatic rings. The topological polar surface area (TPSA) is 57.0 Å². The molecule has 0 fully saturated rings. The molecular formula is C12H15N3O. The Bertz CT molecular complexity index is 434.